The summed E-state index contributed by atoms with van der Waals surface area (Å²) >= 11 is 5.96. The van der Waals surface area contributed by atoms with Crippen LogP contribution in [-0.4, -0.2) is 68.8 Å². The third kappa shape index (κ3) is 4.68. The van der Waals surface area contributed by atoms with E-state index in [4.69, 9.17) is 42.7 Å². The van der Waals surface area contributed by atoms with Crippen LogP contribution in [0, 0.1) is 17.8 Å². The van der Waals surface area contributed by atoms with Crippen LogP contribution in [0.3, 0.4) is 0 Å². The average molecular weight is 494 g/mol. The van der Waals surface area contributed by atoms with E-state index >= 15 is 0 Å². The standard InChI is InChI=1S/C21H24ClN5O7/c1-6-21(5)12(8-32-14(10(3)28)19(30)31-7-2)34-18(15(21)33-11(4)29)27-9-24-13-16(23)25-20(22)26-17(13)27/h1,9,12,14-15,18H,7-8H2,2-5H3,(H2,23,25,26)/t12-,14?,15+,18-,21+/m1/s1. The second kappa shape index (κ2) is 9.92. The zero-order valence-corrected chi connectivity index (χ0v) is 19.7. The number of anilines is 1. The van der Waals surface area contributed by atoms with Crippen molar-refractivity contribution >= 4 is 46.3 Å². The number of rotatable bonds is 8. The number of aromatic nitrogens is 4. The number of nitrogens with zero attached hydrogens (tertiary/aromatic N) is 4. The number of carbonyl (C=O) groups excluding carboxylic acids is 3. The Balaban J connectivity index is 1.99. The number of hydrogen-bond acceptors (Lipinski definition) is 11. The highest BCUT2D eigenvalue weighted by atomic mass is 35.5. The van der Waals surface area contributed by atoms with Gasteiger partial charge in [-0.3, -0.25) is 14.2 Å². The maximum atomic E-state index is 12.1. The summed E-state index contributed by atoms with van der Waals surface area (Å²) in [7, 11) is 0. The van der Waals surface area contributed by atoms with Crippen molar-refractivity contribution in [1.82, 2.24) is 19.5 Å². The molecular weight excluding hydrogens is 470 g/mol. The zero-order chi connectivity index (χ0) is 25.2. The maximum Gasteiger partial charge on any atom is 0.343 e. The van der Waals surface area contributed by atoms with Crippen LogP contribution in [0.5, 0.6) is 0 Å². The molecular formula is C21H24ClN5O7. The molecule has 3 heterocycles. The Kier molecular flexibility index (Phi) is 7.40. The normalized spacial score (nSPS) is 25.0. The number of nitrogen functional groups attached to an aromatic ring is 1. The van der Waals surface area contributed by atoms with Crippen LogP contribution >= 0.6 is 11.6 Å². The number of hydrogen-bond donors (Lipinski definition) is 1. The minimum atomic E-state index is -1.46. The van der Waals surface area contributed by atoms with Gasteiger partial charge >= 0.3 is 11.9 Å². The molecule has 3 rings (SSSR count). The van der Waals surface area contributed by atoms with Crippen molar-refractivity contribution in [3.63, 3.8) is 0 Å². The molecule has 1 fully saturated rings. The van der Waals surface area contributed by atoms with Gasteiger partial charge in [-0.25, -0.2) is 9.78 Å². The number of imidazole rings is 1. The quantitative estimate of drug-likeness (QED) is 0.242. The number of halogens is 1. The molecule has 1 aliphatic heterocycles. The number of carbonyl (C=O) groups is 3. The number of fused-ring (bicyclic) bond motifs is 1. The number of ketones is 1. The second-order valence-electron chi connectivity index (χ2n) is 7.75. The zero-order valence-electron chi connectivity index (χ0n) is 19.0. The minimum absolute atomic E-state index is 0.0501. The lowest BCUT2D eigenvalue weighted by atomic mass is 9.81. The summed E-state index contributed by atoms with van der Waals surface area (Å²) in [6, 6.07) is 0. The molecule has 2 aromatic heterocycles. The van der Waals surface area contributed by atoms with Gasteiger partial charge in [-0.1, -0.05) is 5.92 Å². The Hall–Kier alpha value is -3.27. The monoisotopic (exact) mass is 493 g/mol. The van der Waals surface area contributed by atoms with Crippen LogP contribution in [0.15, 0.2) is 6.33 Å². The maximum absolute atomic E-state index is 12.1. The van der Waals surface area contributed by atoms with E-state index in [2.05, 4.69) is 20.9 Å². The van der Waals surface area contributed by atoms with E-state index in [-0.39, 0.29) is 35.5 Å². The Morgan fingerprint density at radius 3 is 2.68 bits per heavy atom. The van der Waals surface area contributed by atoms with Gasteiger partial charge in [-0.05, 0) is 32.4 Å². The molecule has 182 valence electrons. The molecule has 13 heteroatoms. The van der Waals surface area contributed by atoms with Crippen LogP contribution in [0.4, 0.5) is 5.82 Å². The minimum Gasteiger partial charge on any atom is -0.464 e. The highest BCUT2D eigenvalue weighted by molar-refractivity contribution is 6.28. The highest BCUT2D eigenvalue weighted by Gasteiger charge is 2.56. The van der Waals surface area contributed by atoms with Crippen LogP contribution in [0.2, 0.25) is 5.28 Å². The van der Waals surface area contributed by atoms with Gasteiger partial charge < -0.3 is 24.7 Å². The van der Waals surface area contributed by atoms with E-state index in [1.807, 2.05) is 0 Å². The van der Waals surface area contributed by atoms with Crippen LogP contribution in [0.1, 0.15) is 33.9 Å². The molecule has 5 atom stereocenters. The van der Waals surface area contributed by atoms with E-state index in [0.29, 0.717) is 0 Å². The van der Waals surface area contributed by atoms with Gasteiger partial charge in [0.2, 0.25) is 11.4 Å². The van der Waals surface area contributed by atoms with Crippen molar-refractivity contribution in [3.8, 4) is 12.3 Å². The molecule has 12 nitrogen and oxygen atoms in total. The van der Waals surface area contributed by atoms with E-state index in [1.165, 1.54) is 24.7 Å². The van der Waals surface area contributed by atoms with E-state index < -0.39 is 47.7 Å². The predicted molar refractivity (Wildman–Crippen MR) is 118 cm³/mol. The van der Waals surface area contributed by atoms with Gasteiger partial charge in [-0.15, -0.1) is 6.42 Å². The molecule has 1 saturated heterocycles. The molecule has 0 amide bonds. The summed E-state index contributed by atoms with van der Waals surface area (Å²) in [5.41, 5.74) is 5.15. The first kappa shape index (κ1) is 25.4. The summed E-state index contributed by atoms with van der Waals surface area (Å²) in [6.07, 6.45) is 2.83. The molecule has 2 N–H and O–H groups in total. The number of terminal acetylenes is 1. The summed E-state index contributed by atoms with van der Waals surface area (Å²) in [5.74, 6) is 0.686. The molecule has 2 aromatic rings. The van der Waals surface area contributed by atoms with Crippen molar-refractivity contribution in [1.29, 1.82) is 0 Å². The lowest BCUT2D eigenvalue weighted by Gasteiger charge is -2.30. The average Bonchev–Trinajstić information content (AvgIpc) is 3.28. The van der Waals surface area contributed by atoms with Gasteiger partial charge in [0.1, 0.15) is 11.6 Å². The molecule has 1 unspecified atom stereocenters. The lowest BCUT2D eigenvalue weighted by molar-refractivity contribution is -0.164. The summed E-state index contributed by atoms with van der Waals surface area (Å²) in [4.78, 5) is 48.2. The molecule has 0 aliphatic carbocycles. The van der Waals surface area contributed by atoms with Gasteiger partial charge in [0.05, 0.1) is 25.0 Å². The first-order valence-corrected chi connectivity index (χ1v) is 10.7. The molecule has 0 radical (unpaired) electrons. The van der Waals surface area contributed by atoms with Crippen molar-refractivity contribution in [2.75, 3.05) is 18.9 Å². The first-order valence-electron chi connectivity index (χ1n) is 10.3. The topological polar surface area (TPSA) is 158 Å². The van der Waals surface area contributed by atoms with Crippen LogP contribution in [0.25, 0.3) is 11.2 Å². The number of nitrogens with two attached hydrogens (primary N) is 1. The van der Waals surface area contributed by atoms with Crippen molar-refractivity contribution in [2.45, 2.75) is 52.2 Å². The molecule has 0 aromatic carbocycles. The molecule has 0 spiro atoms. The number of esters is 2. The van der Waals surface area contributed by atoms with Crippen molar-refractivity contribution in [3.05, 3.63) is 11.6 Å². The third-order valence-electron chi connectivity index (χ3n) is 5.41. The van der Waals surface area contributed by atoms with Crippen LogP contribution in [-0.2, 0) is 33.3 Å². The molecule has 1 aliphatic rings. The lowest BCUT2D eigenvalue weighted by Crippen LogP contribution is -2.43. The summed E-state index contributed by atoms with van der Waals surface area (Å²) in [6.45, 7) is 5.48. The fourth-order valence-electron chi connectivity index (χ4n) is 3.67. The Morgan fingerprint density at radius 2 is 2.09 bits per heavy atom. The number of ether oxygens (including phenoxy) is 4. The summed E-state index contributed by atoms with van der Waals surface area (Å²) < 4.78 is 23.6. The SMILES string of the molecule is C#C[C@@]1(C)[C@@H](COC(C(C)=O)C(=O)OCC)O[C@@H](n2cnc3c(N)nc(Cl)nc32)[C@@H]1OC(C)=O. The van der Waals surface area contributed by atoms with Gasteiger partial charge in [0, 0.05) is 6.92 Å². The molecule has 34 heavy (non-hydrogen) atoms. The predicted octanol–water partition coefficient (Wildman–Crippen LogP) is 1.07. The van der Waals surface area contributed by atoms with Crippen molar-refractivity contribution in [2.24, 2.45) is 5.41 Å². The Labute approximate surface area is 200 Å². The molecule has 0 bridgehead atoms. The Morgan fingerprint density at radius 1 is 1.38 bits per heavy atom. The highest BCUT2D eigenvalue weighted by Crippen LogP contribution is 2.46. The van der Waals surface area contributed by atoms with E-state index in [1.54, 1.807) is 13.8 Å². The largest absolute Gasteiger partial charge is 0.464 e. The Bertz CT molecular complexity index is 1160. The van der Waals surface area contributed by atoms with Gasteiger partial charge in [0.15, 0.2) is 29.6 Å². The smallest absolute Gasteiger partial charge is 0.343 e. The van der Waals surface area contributed by atoms with Gasteiger partial charge in [0.25, 0.3) is 0 Å². The van der Waals surface area contributed by atoms with Gasteiger partial charge in [-0.2, -0.15) is 9.97 Å². The molecule has 0 saturated carbocycles. The van der Waals surface area contributed by atoms with Crippen molar-refractivity contribution < 1.29 is 33.3 Å². The summed E-state index contributed by atoms with van der Waals surface area (Å²) in [5, 5.41) is -0.118. The second-order valence-corrected chi connectivity index (χ2v) is 8.09. The third-order valence-corrected chi connectivity index (χ3v) is 5.57. The van der Waals surface area contributed by atoms with E-state index in [9.17, 15) is 14.4 Å². The van der Waals surface area contributed by atoms with E-state index in [0.717, 1.165) is 0 Å². The first-order chi connectivity index (χ1) is 16.0. The fourth-order valence-corrected chi connectivity index (χ4v) is 3.84. The number of Topliss-reactive ketones (excluding diaryl/α,β-unsaturated/α-hetero) is 1. The van der Waals surface area contributed by atoms with Crippen LogP contribution < -0.4 is 5.73 Å². The fraction of sp³-hybridized carbons (Fsp3) is 0.524.